The zero-order valence-corrected chi connectivity index (χ0v) is 13.5. The van der Waals surface area contributed by atoms with Crippen LogP contribution in [0.5, 0.6) is 5.75 Å². The van der Waals surface area contributed by atoms with Crippen molar-refractivity contribution >= 4 is 16.0 Å². The Balaban J connectivity index is 2.19. The minimum atomic E-state index is -3.56. The molecular formula is C15H21NO5S. The lowest BCUT2D eigenvalue weighted by Gasteiger charge is -2.35. The fourth-order valence-corrected chi connectivity index (χ4v) is 4.55. The van der Waals surface area contributed by atoms with Gasteiger partial charge in [0, 0.05) is 12.6 Å². The largest absolute Gasteiger partial charge is 0.497 e. The lowest BCUT2D eigenvalue weighted by atomic mass is 9.96. The van der Waals surface area contributed by atoms with Crippen LogP contribution < -0.4 is 4.74 Å². The molecule has 1 aliphatic rings. The van der Waals surface area contributed by atoms with E-state index >= 15 is 0 Å². The number of hydrogen-bond acceptors (Lipinski definition) is 4. The molecule has 6 nitrogen and oxygen atoms in total. The molecule has 0 spiro atoms. The summed E-state index contributed by atoms with van der Waals surface area (Å²) in [4.78, 5) is 11.1. The Morgan fingerprint density at radius 1 is 1.41 bits per heavy atom. The molecule has 1 saturated heterocycles. The zero-order chi connectivity index (χ0) is 16.3. The van der Waals surface area contributed by atoms with Gasteiger partial charge in [0.15, 0.2) is 0 Å². The van der Waals surface area contributed by atoms with E-state index in [1.807, 2.05) is 6.92 Å². The molecule has 1 aromatic carbocycles. The topological polar surface area (TPSA) is 83.9 Å². The maximum Gasteiger partial charge on any atom is 0.307 e. The van der Waals surface area contributed by atoms with Gasteiger partial charge in [-0.15, -0.1) is 0 Å². The Hall–Kier alpha value is -1.60. The minimum Gasteiger partial charge on any atom is -0.497 e. The summed E-state index contributed by atoms with van der Waals surface area (Å²) in [6, 6.07) is 6.72. The number of sulfonamides is 1. The van der Waals surface area contributed by atoms with E-state index in [0.717, 1.165) is 0 Å². The summed E-state index contributed by atoms with van der Waals surface area (Å²) in [7, 11) is -2.04. The van der Waals surface area contributed by atoms with Crippen LogP contribution in [0.3, 0.4) is 0 Å². The van der Waals surface area contributed by atoms with Crippen molar-refractivity contribution < 1.29 is 23.1 Å². The van der Waals surface area contributed by atoms with E-state index < -0.39 is 21.9 Å². The average Bonchev–Trinajstić information content (AvgIpc) is 2.47. The highest BCUT2D eigenvalue weighted by Gasteiger charge is 2.36. The molecule has 0 aromatic heterocycles. The van der Waals surface area contributed by atoms with Gasteiger partial charge in [-0.3, -0.25) is 4.79 Å². The third-order valence-corrected chi connectivity index (χ3v) is 5.94. The third-order valence-electron chi connectivity index (χ3n) is 4.01. The second-order valence-electron chi connectivity index (χ2n) is 5.64. The van der Waals surface area contributed by atoms with E-state index in [0.29, 0.717) is 24.2 Å². The summed E-state index contributed by atoms with van der Waals surface area (Å²) in [5.41, 5.74) is 0.629. The SMILES string of the molecule is COc1cccc(CS(=O)(=O)N2CC(C(=O)O)CCC2C)c1. The Bertz CT molecular complexity index is 643. The Morgan fingerprint density at radius 2 is 2.14 bits per heavy atom. The summed E-state index contributed by atoms with van der Waals surface area (Å²) in [5.74, 6) is -1.12. The van der Waals surface area contributed by atoms with Crippen molar-refractivity contribution in [2.75, 3.05) is 13.7 Å². The summed E-state index contributed by atoms with van der Waals surface area (Å²) in [6.45, 7) is 1.87. The molecule has 0 saturated carbocycles. The van der Waals surface area contributed by atoms with Gasteiger partial charge in [-0.2, -0.15) is 4.31 Å². The average molecular weight is 327 g/mol. The first-order valence-electron chi connectivity index (χ1n) is 7.18. The van der Waals surface area contributed by atoms with Gasteiger partial charge in [0.05, 0.1) is 18.8 Å². The van der Waals surface area contributed by atoms with E-state index in [4.69, 9.17) is 9.84 Å². The van der Waals surface area contributed by atoms with Crippen molar-refractivity contribution in [3.63, 3.8) is 0 Å². The van der Waals surface area contributed by atoms with E-state index in [1.165, 1.54) is 11.4 Å². The first-order chi connectivity index (χ1) is 10.3. The van der Waals surface area contributed by atoms with Gasteiger partial charge in [-0.05, 0) is 37.5 Å². The fraction of sp³-hybridized carbons (Fsp3) is 0.533. The lowest BCUT2D eigenvalue weighted by Crippen LogP contribution is -2.47. The highest BCUT2D eigenvalue weighted by atomic mass is 32.2. The lowest BCUT2D eigenvalue weighted by molar-refractivity contribution is -0.143. The van der Waals surface area contributed by atoms with E-state index in [1.54, 1.807) is 24.3 Å². The van der Waals surface area contributed by atoms with Crippen molar-refractivity contribution in [3.05, 3.63) is 29.8 Å². The predicted molar refractivity (Wildman–Crippen MR) is 82.1 cm³/mol. The Morgan fingerprint density at radius 3 is 2.77 bits per heavy atom. The molecule has 1 aromatic rings. The standard InChI is InChI=1S/C15H21NO5S/c1-11-6-7-13(15(17)18)9-16(11)22(19,20)10-12-4-3-5-14(8-12)21-2/h3-5,8,11,13H,6-7,9-10H2,1-2H3,(H,17,18). The third kappa shape index (κ3) is 3.78. The van der Waals surface area contributed by atoms with Crippen molar-refractivity contribution in [2.45, 2.75) is 31.6 Å². The Labute approximate surface area is 130 Å². The highest BCUT2D eigenvalue weighted by Crippen LogP contribution is 2.27. The van der Waals surface area contributed by atoms with Gasteiger partial charge in [0.25, 0.3) is 0 Å². The number of nitrogens with zero attached hydrogens (tertiary/aromatic N) is 1. The smallest absolute Gasteiger partial charge is 0.307 e. The number of piperidine rings is 1. The fourth-order valence-electron chi connectivity index (χ4n) is 2.72. The number of methoxy groups -OCH3 is 1. The molecule has 1 N–H and O–H groups in total. The molecule has 2 rings (SSSR count). The molecule has 1 aliphatic heterocycles. The number of rotatable bonds is 5. The first kappa shape index (κ1) is 16.8. The molecule has 0 bridgehead atoms. The summed E-state index contributed by atoms with van der Waals surface area (Å²) >= 11 is 0. The van der Waals surface area contributed by atoms with Gasteiger partial charge in [0.2, 0.25) is 10.0 Å². The number of carbonyl (C=O) groups is 1. The molecule has 1 heterocycles. The molecule has 22 heavy (non-hydrogen) atoms. The molecule has 0 amide bonds. The number of benzene rings is 1. The van der Waals surface area contributed by atoms with Crippen molar-refractivity contribution in [1.82, 2.24) is 4.31 Å². The first-order valence-corrected chi connectivity index (χ1v) is 8.79. The monoisotopic (exact) mass is 327 g/mol. The highest BCUT2D eigenvalue weighted by molar-refractivity contribution is 7.88. The normalized spacial score (nSPS) is 23.2. The maximum absolute atomic E-state index is 12.6. The second-order valence-corrected chi connectivity index (χ2v) is 7.56. The van der Waals surface area contributed by atoms with Gasteiger partial charge in [-0.1, -0.05) is 12.1 Å². The number of aliphatic carboxylic acids is 1. The minimum absolute atomic E-state index is 0.0444. The molecule has 7 heteroatoms. The van der Waals surface area contributed by atoms with Crippen LogP contribution in [-0.2, 0) is 20.6 Å². The van der Waals surface area contributed by atoms with Crippen LogP contribution in [0, 0.1) is 5.92 Å². The van der Waals surface area contributed by atoms with Crippen LogP contribution >= 0.6 is 0 Å². The summed E-state index contributed by atoms with van der Waals surface area (Å²) in [6.07, 6.45) is 1.08. The van der Waals surface area contributed by atoms with Crippen LogP contribution in [0.15, 0.2) is 24.3 Å². The summed E-state index contributed by atoms with van der Waals surface area (Å²) in [5, 5.41) is 9.13. The van der Waals surface area contributed by atoms with Gasteiger partial charge in [0.1, 0.15) is 5.75 Å². The van der Waals surface area contributed by atoms with E-state index in [-0.39, 0.29) is 18.3 Å². The molecule has 1 fully saturated rings. The van der Waals surface area contributed by atoms with Gasteiger partial charge < -0.3 is 9.84 Å². The Kier molecular flexibility index (Phi) is 5.08. The van der Waals surface area contributed by atoms with Crippen LogP contribution in [0.4, 0.5) is 0 Å². The number of carboxylic acid groups (broad SMARTS) is 1. The van der Waals surface area contributed by atoms with Gasteiger partial charge >= 0.3 is 5.97 Å². The predicted octanol–water partition coefficient (Wildman–Crippen LogP) is 1.71. The van der Waals surface area contributed by atoms with Crippen LogP contribution in [0.1, 0.15) is 25.3 Å². The molecule has 2 unspecified atom stereocenters. The van der Waals surface area contributed by atoms with Crippen molar-refractivity contribution in [2.24, 2.45) is 5.92 Å². The molecule has 2 atom stereocenters. The second kappa shape index (κ2) is 6.66. The van der Waals surface area contributed by atoms with Crippen molar-refractivity contribution in [1.29, 1.82) is 0 Å². The molecular weight excluding hydrogens is 306 g/mol. The number of hydrogen-bond donors (Lipinski definition) is 1. The number of carboxylic acids is 1. The molecule has 122 valence electrons. The zero-order valence-electron chi connectivity index (χ0n) is 12.7. The van der Waals surface area contributed by atoms with Crippen LogP contribution in [0.2, 0.25) is 0 Å². The summed E-state index contributed by atoms with van der Waals surface area (Å²) < 4.78 is 31.7. The van der Waals surface area contributed by atoms with Crippen LogP contribution in [0.25, 0.3) is 0 Å². The number of ether oxygens (including phenoxy) is 1. The van der Waals surface area contributed by atoms with Gasteiger partial charge in [-0.25, -0.2) is 8.42 Å². The van der Waals surface area contributed by atoms with E-state index in [2.05, 4.69) is 0 Å². The van der Waals surface area contributed by atoms with E-state index in [9.17, 15) is 13.2 Å². The maximum atomic E-state index is 12.6. The van der Waals surface area contributed by atoms with Crippen LogP contribution in [-0.4, -0.2) is 43.5 Å². The molecule has 0 aliphatic carbocycles. The van der Waals surface area contributed by atoms with Crippen molar-refractivity contribution in [3.8, 4) is 5.75 Å². The quantitative estimate of drug-likeness (QED) is 0.890. The molecule has 0 radical (unpaired) electrons.